The Kier molecular flexibility index (Phi) is 5.59. The van der Waals surface area contributed by atoms with E-state index in [1.165, 1.54) is 4.90 Å². The van der Waals surface area contributed by atoms with Gasteiger partial charge in [0.15, 0.2) is 0 Å². The van der Waals surface area contributed by atoms with Crippen LogP contribution in [-0.2, 0) is 20.9 Å². The van der Waals surface area contributed by atoms with E-state index in [-0.39, 0.29) is 6.54 Å². The molecular formula is C15H17F3N2O3. The van der Waals surface area contributed by atoms with Crippen LogP contribution >= 0.6 is 0 Å². The molecule has 23 heavy (non-hydrogen) atoms. The van der Waals surface area contributed by atoms with Crippen LogP contribution in [0.15, 0.2) is 30.3 Å². The van der Waals surface area contributed by atoms with E-state index in [0.717, 1.165) is 0 Å². The fourth-order valence-corrected chi connectivity index (χ4v) is 2.26. The topological polar surface area (TPSA) is 49.9 Å². The van der Waals surface area contributed by atoms with Crippen molar-refractivity contribution in [3.63, 3.8) is 0 Å². The molecule has 0 aromatic heterocycles. The molecule has 126 valence electrons. The van der Waals surface area contributed by atoms with Gasteiger partial charge in [0.25, 0.3) is 0 Å². The normalized spacial score (nSPS) is 15.3. The molecule has 1 aromatic carbocycles. The minimum Gasteiger partial charge on any atom is -0.378 e. The Bertz CT molecular complexity index is 543. The van der Waals surface area contributed by atoms with Gasteiger partial charge in [-0.05, 0) is 5.56 Å². The lowest BCUT2D eigenvalue weighted by Gasteiger charge is -2.30. The van der Waals surface area contributed by atoms with Crippen molar-refractivity contribution >= 4 is 11.8 Å². The number of carbonyl (C=O) groups is 2. The predicted molar refractivity (Wildman–Crippen MR) is 75.3 cm³/mol. The smallest absolute Gasteiger partial charge is 0.378 e. The van der Waals surface area contributed by atoms with E-state index in [0.29, 0.717) is 36.8 Å². The van der Waals surface area contributed by atoms with Crippen molar-refractivity contribution in [3.8, 4) is 0 Å². The van der Waals surface area contributed by atoms with Gasteiger partial charge < -0.3 is 14.5 Å². The lowest BCUT2D eigenvalue weighted by molar-refractivity contribution is -0.187. The number of alkyl halides is 3. The van der Waals surface area contributed by atoms with E-state index in [4.69, 9.17) is 4.74 Å². The summed E-state index contributed by atoms with van der Waals surface area (Å²) in [5, 5.41) is 0. The summed E-state index contributed by atoms with van der Waals surface area (Å²) < 4.78 is 43.4. The van der Waals surface area contributed by atoms with E-state index in [2.05, 4.69) is 0 Å². The van der Waals surface area contributed by atoms with Crippen LogP contribution in [0.5, 0.6) is 0 Å². The summed E-state index contributed by atoms with van der Waals surface area (Å²) >= 11 is 0. The second-order valence-corrected chi connectivity index (χ2v) is 5.14. The Morgan fingerprint density at radius 2 is 1.74 bits per heavy atom. The maximum Gasteiger partial charge on any atom is 0.471 e. The first-order valence-corrected chi connectivity index (χ1v) is 7.13. The largest absolute Gasteiger partial charge is 0.471 e. The summed E-state index contributed by atoms with van der Waals surface area (Å²) in [6.45, 7) is 0.453. The zero-order valence-corrected chi connectivity index (χ0v) is 12.4. The van der Waals surface area contributed by atoms with Crippen molar-refractivity contribution in [2.45, 2.75) is 12.7 Å². The number of rotatable bonds is 4. The Balaban J connectivity index is 2.09. The molecule has 1 heterocycles. The van der Waals surface area contributed by atoms with Gasteiger partial charge in [0, 0.05) is 19.6 Å². The SMILES string of the molecule is O=C(CN(Cc1ccccc1)C(=O)C(F)(F)F)N1CCOCC1. The van der Waals surface area contributed by atoms with Gasteiger partial charge >= 0.3 is 12.1 Å². The van der Waals surface area contributed by atoms with Gasteiger partial charge in [-0.1, -0.05) is 30.3 Å². The zero-order chi connectivity index (χ0) is 16.9. The molecule has 0 saturated carbocycles. The van der Waals surface area contributed by atoms with Gasteiger partial charge in [0.05, 0.1) is 13.2 Å². The molecule has 0 bridgehead atoms. The van der Waals surface area contributed by atoms with E-state index in [9.17, 15) is 22.8 Å². The van der Waals surface area contributed by atoms with Crippen molar-refractivity contribution in [2.24, 2.45) is 0 Å². The number of carbonyl (C=O) groups excluding carboxylic acids is 2. The fourth-order valence-electron chi connectivity index (χ4n) is 2.26. The number of benzene rings is 1. The fraction of sp³-hybridized carbons (Fsp3) is 0.467. The molecule has 0 aliphatic carbocycles. The number of hydrogen-bond donors (Lipinski definition) is 0. The molecule has 0 atom stereocenters. The molecule has 1 aliphatic rings. The second-order valence-electron chi connectivity index (χ2n) is 5.14. The highest BCUT2D eigenvalue weighted by molar-refractivity contribution is 5.87. The first kappa shape index (κ1) is 17.3. The Labute approximate surface area is 131 Å². The minimum absolute atomic E-state index is 0.269. The molecule has 0 radical (unpaired) electrons. The Hall–Kier alpha value is -2.09. The van der Waals surface area contributed by atoms with Crippen LogP contribution in [0.4, 0.5) is 13.2 Å². The lowest BCUT2D eigenvalue weighted by atomic mass is 10.2. The molecular weight excluding hydrogens is 313 g/mol. The van der Waals surface area contributed by atoms with Crippen LogP contribution < -0.4 is 0 Å². The average molecular weight is 330 g/mol. The standard InChI is InChI=1S/C15H17F3N2O3/c16-15(17,18)14(22)20(10-12-4-2-1-3-5-12)11-13(21)19-6-8-23-9-7-19/h1-5H,6-11H2. The van der Waals surface area contributed by atoms with Gasteiger partial charge in [-0.25, -0.2) is 0 Å². The van der Waals surface area contributed by atoms with Crippen LogP contribution in [-0.4, -0.2) is 60.6 Å². The van der Waals surface area contributed by atoms with Gasteiger partial charge in [-0.15, -0.1) is 0 Å². The summed E-state index contributed by atoms with van der Waals surface area (Å²) in [6, 6.07) is 8.26. The summed E-state index contributed by atoms with van der Waals surface area (Å²) in [4.78, 5) is 25.7. The first-order valence-electron chi connectivity index (χ1n) is 7.13. The number of halogens is 3. The monoisotopic (exact) mass is 330 g/mol. The van der Waals surface area contributed by atoms with E-state index >= 15 is 0 Å². The predicted octanol–water partition coefficient (Wildman–Crippen LogP) is 1.44. The minimum atomic E-state index is -5.01. The van der Waals surface area contributed by atoms with Crippen molar-refractivity contribution in [1.29, 1.82) is 0 Å². The molecule has 0 spiro atoms. The molecule has 2 rings (SSSR count). The van der Waals surface area contributed by atoms with Gasteiger partial charge in [-0.3, -0.25) is 9.59 Å². The number of morpholine rings is 1. The highest BCUT2D eigenvalue weighted by Crippen LogP contribution is 2.20. The molecule has 2 amide bonds. The number of hydrogen-bond acceptors (Lipinski definition) is 3. The van der Waals surface area contributed by atoms with Crippen molar-refractivity contribution in [2.75, 3.05) is 32.8 Å². The van der Waals surface area contributed by atoms with E-state index in [1.54, 1.807) is 30.3 Å². The first-order chi connectivity index (χ1) is 10.9. The molecule has 0 N–H and O–H groups in total. The molecule has 1 saturated heterocycles. The third-order valence-electron chi connectivity index (χ3n) is 3.44. The lowest BCUT2D eigenvalue weighted by Crippen LogP contribution is -2.49. The quantitative estimate of drug-likeness (QED) is 0.839. The Morgan fingerprint density at radius 1 is 1.13 bits per heavy atom. The highest BCUT2D eigenvalue weighted by atomic mass is 19.4. The maximum absolute atomic E-state index is 12.8. The Morgan fingerprint density at radius 3 is 2.30 bits per heavy atom. The van der Waals surface area contributed by atoms with Crippen molar-refractivity contribution < 1.29 is 27.5 Å². The zero-order valence-electron chi connectivity index (χ0n) is 12.4. The maximum atomic E-state index is 12.8. The molecule has 5 nitrogen and oxygen atoms in total. The third-order valence-corrected chi connectivity index (χ3v) is 3.44. The number of ether oxygens (including phenoxy) is 1. The molecule has 1 aliphatic heterocycles. The van der Waals surface area contributed by atoms with Crippen LogP contribution in [0.3, 0.4) is 0 Å². The third kappa shape index (κ3) is 4.95. The molecule has 0 unspecified atom stereocenters. The van der Waals surface area contributed by atoms with Crippen LogP contribution in [0.2, 0.25) is 0 Å². The summed E-state index contributed by atoms with van der Waals surface area (Å²) in [6.07, 6.45) is -5.01. The second kappa shape index (κ2) is 7.45. The molecule has 1 aromatic rings. The van der Waals surface area contributed by atoms with Gasteiger partial charge in [-0.2, -0.15) is 13.2 Å². The van der Waals surface area contributed by atoms with Crippen molar-refractivity contribution in [3.05, 3.63) is 35.9 Å². The van der Waals surface area contributed by atoms with E-state index in [1.807, 2.05) is 0 Å². The summed E-state index contributed by atoms with van der Waals surface area (Å²) in [5.41, 5.74) is 0.528. The van der Waals surface area contributed by atoms with Crippen LogP contribution in [0, 0.1) is 0 Å². The van der Waals surface area contributed by atoms with Gasteiger partial charge in [0.1, 0.15) is 6.54 Å². The summed E-state index contributed by atoms with van der Waals surface area (Å²) in [7, 11) is 0. The highest BCUT2D eigenvalue weighted by Gasteiger charge is 2.43. The number of nitrogens with zero attached hydrogens (tertiary/aromatic N) is 2. The van der Waals surface area contributed by atoms with Gasteiger partial charge in [0.2, 0.25) is 5.91 Å². The van der Waals surface area contributed by atoms with Crippen LogP contribution in [0.1, 0.15) is 5.56 Å². The van der Waals surface area contributed by atoms with E-state index < -0.39 is 24.5 Å². The van der Waals surface area contributed by atoms with Crippen LogP contribution in [0.25, 0.3) is 0 Å². The van der Waals surface area contributed by atoms with Crippen molar-refractivity contribution in [1.82, 2.24) is 9.80 Å². The molecule has 1 fully saturated rings. The summed E-state index contributed by atoms with van der Waals surface area (Å²) in [5.74, 6) is -2.52. The average Bonchev–Trinajstić information content (AvgIpc) is 2.54. The number of amides is 2. The molecule has 8 heteroatoms.